The van der Waals surface area contributed by atoms with Gasteiger partial charge in [-0.25, -0.2) is 0 Å². The Bertz CT molecular complexity index is 407. The molecule has 8 heteroatoms. The molecule has 16 heavy (non-hydrogen) atoms. The fourth-order valence-corrected chi connectivity index (χ4v) is 4.54. The van der Waals surface area contributed by atoms with Crippen LogP contribution in [-0.2, 0) is 28.6 Å². The summed E-state index contributed by atoms with van der Waals surface area (Å²) >= 11 is 0. The van der Waals surface area contributed by atoms with Gasteiger partial charge < -0.3 is 0 Å². The summed E-state index contributed by atoms with van der Waals surface area (Å²) in [5.41, 5.74) is 0. The summed E-state index contributed by atoms with van der Waals surface area (Å²) in [6, 6.07) is 0. The molecule has 94 valence electrons. The van der Waals surface area contributed by atoms with Crippen LogP contribution in [0.3, 0.4) is 0 Å². The van der Waals surface area contributed by atoms with Gasteiger partial charge in [-0.1, -0.05) is 0 Å². The van der Waals surface area contributed by atoms with Crippen molar-refractivity contribution in [3.63, 3.8) is 0 Å². The zero-order valence-corrected chi connectivity index (χ0v) is 10.3. The van der Waals surface area contributed by atoms with Crippen LogP contribution in [0, 0.1) is 5.92 Å². The first-order valence-electron chi connectivity index (χ1n) is 5.14. The molecule has 2 aliphatic heterocycles. The Morgan fingerprint density at radius 1 is 1.06 bits per heavy atom. The molecule has 0 amide bonds. The average molecular weight is 270 g/mol. The minimum atomic E-state index is -3.32. The van der Waals surface area contributed by atoms with Crippen LogP contribution in [0.2, 0.25) is 0 Å². The topological polar surface area (TPSA) is 86.7 Å². The maximum atomic E-state index is 11.0. The van der Waals surface area contributed by atoms with Crippen molar-refractivity contribution in [2.24, 2.45) is 5.92 Å². The van der Waals surface area contributed by atoms with E-state index in [1.54, 1.807) is 0 Å². The van der Waals surface area contributed by atoms with Gasteiger partial charge >= 0.3 is 0 Å². The molecule has 0 aliphatic carbocycles. The minimum Gasteiger partial charge on any atom is -0.270 e. The molecule has 6 nitrogen and oxygen atoms in total. The molecule has 0 radical (unpaired) electrons. The molecular weight excluding hydrogens is 256 g/mol. The lowest BCUT2D eigenvalue weighted by Gasteiger charge is -2.09. The number of hydrogen-bond donors (Lipinski definition) is 0. The highest BCUT2D eigenvalue weighted by Crippen LogP contribution is 2.25. The average Bonchev–Trinajstić information content (AvgIpc) is 2.66. The Morgan fingerprint density at radius 2 is 1.81 bits per heavy atom. The van der Waals surface area contributed by atoms with Gasteiger partial charge in [0.2, 0.25) is 0 Å². The Kier molecular flexibility index (Phi) is 3.26. The van der Waals surface area contributed by atoms with Gasteiger partial charge in [-0.3, -0.25) is 8.37 Å². The summed E-state index contributed by atoms with van der Waals surface area (Å²) in [5, 5.41) is 0. The second-order valence-corrected chi connectivity index (χ2v) is 7.62. The van der Waals surface area contributed by atoms with E-state index in [1.807, 2.05) is 0 Å². The first kappa shape index (κ1) is 12.3. The lowest BCUT2D eigenvalue weighted by atomic mass is 10.0. The molecule has 2 aliphatic rings. The van der Waals surface area contributed by atoms with E-state index in [1.165, 1.54) is 0 Å². The van der Waals surface area contributed by atoms with E-state index in [0.29, 0.717) is 19.3 Å². The predicted molar refractivity (Wildman–Crippen MR) is 55.7 cm³/mol. The normalized spacial score (nSPS) is 36.5. The Morgan fingerprint density at radius 3 is 2.31 bits per heavy atom. The van der Waals surface area contributed by atoms with E-state index in [4.69, 9.17) is 4.18 Å². The van der Waals surface area contributed by atoms with Crippen LogP contribution in [0.25, 0.3) is 0 Å². The monoisotopic (exact) mass is 270 g/mol. The van der Waals surface area contributed by atoms with Crippen LogP contribution in [0.5, 0.6) is 0 Å². The van der Waals surface area contributed by atoms with Gasteiger partial charge in [0.05, 0.1) is 24.2 Å². The van der Waals surface area contributed by atoms with Crippen LogP contribution in [-0.4, -0.2) is 41.1 Å². The van der Waals surface area contributed by atoms with Gasteiger partial charge in [0.15, 0.2) is 0 Å². The standard InChI is InChI=1S/C8H14O6S2/c9-15(10)4-3-8(14-15)2-1-7-5-13-16(11,12)6-7/h7-8H,1-6H2. The van der Waals surface area contributed by atoms with E-state index in [2.05, 4.69) is 4.18 Å². The van der Waals surface area contributed by atoms with Crippen LogP contribution >= 0.6 is 0 Å². The Balaban J connectivity index is 1.77. The van der Waals surface area contributed by atoms with Crippen molar-refractivity contribution in [1.29, 1.82) is 0 Å². The Labute approximate surface area is 95.2 Å². The minimum absolute atomic E-state index is 0.0306. The zero-order valence-electron chi connectivity index (χ0n) is 8.66. The van der Waals surface area contributed by atoms with Crippen LogP contribution < -0.4 is 0 Å². The van der Waals surface area contributed by atoms with Crippen LogP contribution in [0.4, 0.5) is 0 Å². The summed E-state index contributed by atoms with van der Waals surface area (Å²) in [4.78, 5) is 0. The molecule has 0 bridgehead atoms. The van der Waals surface area contributed by atoms with Gasteiger partial charge in [-0.15, -0.1) is 0 Å². The predicted octanol–water partition coefficient (Wildman–Crippen LogP) is -0.139. The van der Waals surface area contributed by atoms with E-state index >= 15 is 0 Å². The van der Waals surface area contributed by atoms with Gasteiger partial charge in [0.1, 0.15) is 0 Å². The van der Waals surface area contributed by atoms with E-state index in [-0.39, 0.29) is 30.1 Å². The Hall–Kier alpha value is -0.180. The van der Waals surface area contributed by atoms with Crippen molar-refractivity contribution in [1.82, 2.24) is 0 Å². The summed E-state index contributed by atoms with van der Waals surface area (Å²) in [5.74, 6) is 0.0702. The molecule has 2 saturated heterocycles. The third-order valence-corrected chi connectivity index (χ3v) is 5.47. The molecule has 2 fully saturated rings. The molecule has 2 heterocycles. The molecule has 2 unspecified atom stereocenters. The fraction of sp³-hybridized carbons (Fsp3) is 1.00. The summed E-state index contributed by atoms with van der Waals surface area (Å²) < 4.78 is 53.4. The first-order chi connectivity index (χ1) is 7.36. The molecule has 0 aromatic heterocycles. The molecule has 0 aromatic carbocycles. The third kappa shape index (κ3) is 3.16. The molecular formula is C8H14O6S2. The van der Waals surface area contributed by atoms with Crippen molar-refractivity contribution < 1.29 is 25.2 Å². The lowest BCUT2D eigenvalue weighted by molar-refractivity contribution is 0.206. The van der Waals surface area contributed by atoms with Crippen LogP contribution in [0.15, 0.2) is 0 Å². The van der Waals surface area contributed by atoms with Crippen molar-refractivity contribution in [3.8, 4) is 0 Å². The molecule has 2 atom stereocenters. The van der Waals surface area contributed by atoms with Crippen molar-refractivity contribution in [2.45, 2.75) is 25.4 Å². The maximum absolute atomic E-state index is 11.0. The first-order valence-corrected chi connectivity index (χ1v) is 8.30. The summed E-state index contributed by atoms with van der Waals surface area (Å²) in [6.07, 6.45) is 1.42. The highest BCUT2D eigenvalue weighted by atomic mass is 32.2. The fourth-order valence-electron chi connectivity index (χ4n) is 1.94. The van der Waals surface area contributed by atoms with Gasteiger partial charge in [0.25, 0.3) is 20.2 Å². The smallest absolute Gasteiger partial charge is 0.267 e. The quantitative estimate of drug-likeness (QED) is 0.663. The van der Waals surface area contributed by atoms with Crippen molar-refractivity contribution in [2.75, 3.05) is 18.1 Å². The third-order valence-electron chi connectivity index (χ3n) is 2.79. The highest BCUT2D eigenvalue weighted by molar-refractivity contribution is 7.87. The van der Waals surface area contributed by atoms with Gasteiger partial charge in [0, 0.05) is 5.92 Å². The summed E-state index contributed by atoms with van der Waals surface area (Å²) in [7, 11) is -6.64. The molecule has 0 N–H and O–H groups in total. The second-order valence-electron chi connectivity index (χ2n) is 4.22. The SMILES string of the molecule is O=S1(=O)CC(CCC2CCS(=O)(=O)O2)CO1. The lowest BCUT2D eigenvalue weighted by Crippen LogP contribution is -2.12. The van der Waals surface area contributed by atoms with Gasteiger partial charge in [-0.2, -0.15) is 16.8 Å². The molecule has 0 saturated carbocycles. The molecule has 2 rings (SSSR count). The van der Waals surface area contributed by atoms with E-state index in [0.717, 1.165) is 0 Å². The molecule has 0 spiro atoms. The zero-order chi connectivity index (χ0) is 11.8. The molecule has 0 aromatic rings. The summed E-state index contributed by atoms with van der Waals surface area (Å²) in [6.45, 7) is 0.210. The number of hydrogen-bond acceptors (Lipinski definition) is 6. The van der Waals surface area contributed by atoms with Gasteiger partial charge in [-0.05, 0) is 19.3 Å². The van der Waals surface area contributed by atoms with Crippen molar-refractivity contribution in [3.05, 3.63) is 0 Å². The van der Waals surface area contributed by atoms with Crippen molar-refractivity contribution >= 4 is 20.2 Å². The maximum Gasteiger partial charge on any atom is 0.267 e. The highest BCUT2D eigenvalue weighted by Gasteiger charge is 2.32. The van der Waals surface area contributed by atoms with E-state index < -0.39 is 20.2 Å². The largest absolute Gasteiger partial charge is 0.270 e. The van der Waals surface area contributed by atoms with Crippen LogP contribution in [0.1, 0.15) is 19.3 Å². The van der Waals surface area contributed by atoms with E-state index in [9.17, 15) is 16.8 Å². The second kappa shape index (κ2) is 4.25. The number of rotatable bonds is 3.